The Morgan fingerprint density at radius 2 is 2.22 bits per heavy atom. The summed E-state index contributed by atoms with van der Waals surface area (Å²) in [7, 11) is 4.21. The lowest BCUT2D eigenvalue weighted by Crippen LogP contribution is -2.47. The minimum Gasteiger partial charge on any atom is -0.374 e. The second-order valence-corrected chi connectivity index (χ2v) is 5.87. The van der Waals surface area contributed by atoms with E-state index in [-0.39, 0.29) is 0 Å². The van der Waals surface area contributed by atoms with Crippen molar-refractivity contribution in [1.82, 2.24) is 15.1 Å². The molecule has 1 heterocycles. The summed E-state index contributed by atoms with van der Waals surface area (Å²) in [5.74, 6) is 0.727. The molecule has 1 atom stereocenters. The number of likely N-dealkylation sites (N-methyl/N-ethyl adjacent to an activating group) is 1. The van der Waals surface area contributed by atoms with E-state index in [0.717, 1.165) is 45.2 Å². The fourth-order valence-corrected chi connectivity index (χ4v) is 2.62. The number of ether oxygens (including phenoxy) is 1. The van der Waals surface area contributed by atoms with Crippen molar-refractivity contribution in [3.63, 3.8) is 0 Å². The van der Waals surface area contributed by atoms with Crippen LogP contribution >= 0.6 is 0 Å². The fourth-order valence-electron chi connectivity index (χ4n) is 2.62. The smallest absolute Gasteiger partial charge is 0.0829 e. The van der Waals surface area contributed by atoms with Crippen LogP contribution in [0.3, 0.4) is 0 Å². The van der Waals surface area contributed by atoms with Gasteiger partial charge in [0.2, 0.25) is 0 Å². The zero-order valence-corrected chi connectivity index (χ0v) is 12.6. The van der Waals surface area contributed by atoms with E-state index in [0.29, 0.717) is 6.10 Å². The summed E-state index contributed by atoms with van der Waals surface area (Å²) in [5, 5.41) is 3.21. The lowest BCUT2D eigenvalue weighted by Gasteiger charge is -2.35. The summed E-state index contributed by atoms with van der Waals surface area (Å²) >= 11 is 0. The third kappa shape index (κ3) is 6.69. The second-order valence-electron chi connectivity index (χ2n) is 5.87. The average Bonchev–Trinajstić information content (AvgIpc) is 2.28. The van der Waals surface area contributed by atoms with E-state index in [9.17, 15) is 0 Å². The summed E-state index contributed by atoms with van der Waals surface area (Å²) in [6.45, 7) is 12.1. The summed E-state index contributed by atoms with van der Waals surface area (Å²) in [6.07, 6.45) is 1.61. The predicted molar refractivity (Wildman–Crippen MR) is 77.1 cm³/mol. The van der Waals surface area contributed by atoms with Gasteiger partial charge in [-0.25, -0.2) is 0 Å². The van der Waals surface area contributed by atoms with E-state index in [1.807, 2.05) is 7.05 Å². The van der Waals surface area contributed by atoms with Gasteiger partial charge in [-0.1, -0.05) is 13.8 Å². The Bertz CT molecular complexity index is 211. The van der Waals surface area contributed by atoms with E-state index < -0.39 is 0 Å². The van der Waals surface area contributed by atoms with Crippen LogP contribution in [-0.2, 0) is 4.74 Å². The molecule has 0 aliphatic carbocycles. The van der Waals surface area contributed by atoms with Gasteiger partial charge < -0.3 is 15.0 Å². The normalized spacial score (nSPS) is 22.0. The van der Waals surface area contributed by atoms with Gasteiger partial charge in [0.1, 0.15) is 0 Å². The Morgan fingerprint density at radius 1 is 1.44 bits per heavy atom. The number of nitrogens with one attached hydrogen (secondary N) is 1. The number of hydrogen-bond donors (Lipinski definition) is 1. The highest BCUT2D eigenvalue weighted by Crippen LogP contribution is 2.08. The fraction of sp³-hybridized carbons (Fsp3) is 1.00. The van der Waals surface area contributed by atoms with Crippen LogP contribution in [0.2, 0.25) is 0 Å². The van der Waals surface area contributed by atoms with Gasteiger partial charge in [0, 0.05) is 26.2 Å². The van der Waals surface area contributed by atoms with Gasteiger partial charge in [0.05, 0.1) is 12.7 Å². The molecule has 1 rings (SSSR count). The van der Waals surface area contributed by atoms with Crippen LogP contribution in [0.4, 0.5) is 0 Å². The first-order valence-electron chi connectivity index (χ1n) is 7.29. The zero-order chi connectivity index (χ0) is 13.4. The predicted octanol–water partition coefficient (Wildman–Crippen LogP) is 0.885. The van der Waals surface area contributed by atoms with Gasteiger partial charge in [-0.2, -0.15) is 0 Å². The first-order valence-corrected chi connectivity index (χ1v) is 7.29. The first-order chi connectivity index (χ1) is 8.61. The van der Waals surface area contributed by atoms with Crippen LogP contribution in [0.1, 0.15) is 20.3 Å². The Morgan fingerprint density at radius 3 is 2.89 bits per heavy atom. The van der Waals surface area contributed by atoms with Crippen molar-refractivity contribution in [3.8, 4) is 0 Å². The largest absolute Gasteiger partial charge is 0.374 e. The van der Waals surface area contributed by atoms with Crippen molar-refractivity contribution in [2.24, 2.45) is 5.92 Å². The van der Waals surface area contributed by atoms with Crippen LogP contribution in [0.25, 0.3) is 0 Å². The number of rotatable bonds is 8. The molecule has 1 saturated heterocycles. The summed E-state index contributed by atoms with van der Waals surface area (Å²) in [6, 6.07) is 0. The molecule has 0 bridgehead atoms. The van der Waals surface area contributed by atoms with Crippen molar-refractivity contribution in [1.29, 1.82) is 0 Å². The third-order valence-electron chi connectivity index (χ3n) is 3.32. The average molecular weight is 257 g/mol. The topological polar surface area (TPSA) is 27.7 Å². The number of nitrogens with zero attached hydrogens (tertiary/aromatic N) is 2. The maximum absolute atomic E-state index is 5.87. The molecule has 0 aromatic rings. The van der Waals surface area contributed by atoms with Crippen LogP contribution in [-0.4, -0.2) is 75.9 Å². The molecule has 108 valence electrons. The lowest BCUT2D eigenvalue weighted by molar-refractivity contribution is -0.0414. The maximum atomic E-state index is 5.87. The summed E-state index contributed by atoms with van der Waals surface area (Å²) in [4.78, 5) is 4.93. The SMILES string of the molecule is CNCCCN1CCOC(CN(C)CC(C)C)C1. The van der Waals surface area contributed by atoms with E-state index in [1.165, 1.54) is 13.0 Å². The van der Waals surface area contributed by atoms with Crippen molar-refractivity contribution in [2.75, 3.05) is 60.0 Å². The molecular weight excluding hydrogens is 226 g/mol. The lowest BCUT2D eigenvalue weighted by atomic mass is 10.2. The van der Waals surface area contributed by atoms with E-state index >= 15 is 0 Å². The zero-order valence-electron chi connectivity index (χ0n) is 12.6. The first kappa shape index (κ1) is 15.9. The second kappa shape index (κ2) is 8.86. The van der Waals surface area contributed by atoms with Crippen LogP contribution in [0.15, 0.2) is 0 Å². The maximum Gasteiger partial charge on any atom is 0.0829 e. The highest BCUT2D eigenvalue weighted by molar-refractivity contribution is 4.74. The quantitative estimate of drug-likeness (QED) is 0.654. The van der Waals surface area contributed by atoms with E-state index in [1.54, 1.807) is 0 Å². The molecule has 0 aromatic carbocycles. The molecule has 4 nitrogen and oxygen atoms in total. The highest BCUT2D eigenvalue weighted by atomic mass is 16.5. The van der Waals surface area contributed by atoms with Gasteiger partial charge >= 0.3 is 0 Å². The summed E-state index contributed by atoms with van der Waals surface area (Å²) < 4.78 is 5.87. The minimum atomic E-state index is 0.386. The van der Waals surface area contributed by atoms with Crippen LogP contribution in [0, 0.1) is 5.92 Å². The molecule has 18 heavy (non-hydrogen) atoms. The molecule has 1 fully saturated rings. The van der Waals surface area contributed by atoms with Crippen molar-refractivity contribution in [3.05, 3.63) is 0 Å². The van der Waals surface area contributed by atoms with Gasteiger partial charge in [-0.15, -0.1) is 0 Å². The molecule has 4 heteroatoms. The van der Waals surface area contributed by atoms with E-state index in [2.05, 4.69) is 36.0 Å². The molecular formula is C14H31N3O. The highest BCUT2D eigenvalue weighted by Gasteiger charge is 2.21. The number of hydrogen-bond acceptors (Lipinski definition) is 4. The van der Waals surface area contributed by atoms with Gasteiger partial charge in [-0.3, -0.25) is 4.90 Å². The number of morpholine rings is 1. The molecule has 0 aromatic heterocycles. The Balaban J connectivity index is 2.21. The molecule has 0 saturated carbocycles. The Labute approximate surface area is 113 Å². The van der Waals surface area contributed by atoms with Gasteiger partial charge in [0.25, 0.3) is 0 Å². The molecule has 1 aliphatic heterocycles. The standard InChI is InChI=1S/C14H31N3O/c1-13(2)10-16(4)11-14-12-17(8-9-18-14)7-5-6-15-3/h13-15H,5-12H2,1-4H3. The van der Waals surface area contributed by atoms with Gasteiger partial charge in [0.15, 0.2) is 0 Å². The van der Waals surface area contributed by atoms with Gasteiger partial charge in [-0.05, 0) is 39.5 Å². The van der Waals surface area contributed by atoms with E-state index in [4.69, 9.17) is 4.74 Å². The Hall–Kier alpha value is -0.160. The van der Waals surface area contributed by atoms with Crippen LogP contribution in [0.5, 0.6) is 0 Å². The summed E-state index contributed by atoms with van der Waals surface area (Å²) in [5.41, 5.74) is 0. The third-order valence-corrected chi connectivity index (χ3v) is 3.32. The van der Waals surface area contributed by atoms with Crippen molar-refractivity contribution >= 4 is 0 Å². The molecule has 1 N–H and O–H groups in total. The molecule has 0 radical (unpaired) electrons. The minimum absolute atomic E-state index is 0.386. The molecule has 0 amide bonds. The monoisotopic (exact) mass is 257 g/mol. The van der Waals surface area contributed by atoms with Crippen molar-refractivity contribution < 1.29 is 4.74 Å². The molecule has 1 unspecified atom stereocenters. The molecule has 0 spiro atoms. The molecule has 1 aliphatic rings. The van der Waals surface area contributed by atoms with Crippen LogP contribution < -0.4 is 5.32 Å². The van der Waals surface area contributed by atoms with Crippen molar-refractivity contribution in [2.45, 2.75) is 26.4 Å². The Kier molecular flexibility index (Phi) is 7.82.